The molecule has 298 valence electrons. The van der Waals surface area contributed by atoms with E-state index in [0.29, 0.717) is 0 Å². The summed E-state index contributed by atoms with van der Waals surface area (Å²) in [7, 11) is 0. The van der Waals surface area contributed by atoms with Crippen molar-refractivity contribution in [3.8, 4) is 11.1 Å². The molecular formula is C59H40N2O2. The lowest BCUT2D eigenvalue weighted by Crippen LogP contribution is -2.17. The molecule has 0 aliphatic heterocycles. The summed E-state index contributed by atoms with van der Waals surface area (Å²) in [5.74, 6) is 0. The molecule has 1 aliphatic carbocycles. The van der Waals surface area contributed by atoms with Gasteiger partial charge in [-0.1, -0.05) is 153 Å². The Morgan fingerprint density at radius 3 is 1.52 bits per heavy atom. The molecule has 0 bridgehead atoms. The molecule has 0 amide bonds. The second kappa shape index (κ2) is 13.5. The first kappa shape index (κ1) is 35.7. The predicted molar refractivity (Wildman–Crippen MR) is 263 cm³/mol. The number of para-hydroxylation sites is 6. The van der Waals surface area contributed by atoms with Crippen LogP contribution in [-0.2, 0) is 5.41 Å². The van der Waals surface area contributed by atoms with Crippen LogP contribution in [0.5, 0.6) is 0 Å². The molecule has 0 radical (unpaired) electrons. The average Bonchev–Trinajstić information content (AvgIpc) is 3.98. The number of anilines is 6. The van der Waals surface area contributed by atoms with Gasteiger partial charge in [-0.15, -0.1) is 0 Å². The van der Waals surface area contributed by atoms with E-state index >= 15 is 0 Å². The first-order valence-corrected chi connectivity index (χ1v) is 21.7. The standard InChI is InChI=1S/C59H40N2O2/c1-59(2)49-36-52(61(39-19-7-4-8-20-39)51-28-16-26-47-44-23-12-14-30-54(44)63-58(47)51)42-21-9-10-24-45(42)55(49)48-33-31-37-35-40(32-34-41(37)56(48)59)60(38-17-5-3-6-18-38)50-27-15-25-46-43-22-11-13-29-53(43)62-57(46)50/h3-36H,1-2H3. The van der Waals surface area contributed by atoms with Crippen molar-refractivity contribution in [2.75, 3.05) is 9.80 Å². The maximum atomic E-state index is 6.72. The maximum Gasteiger partial charge on any atom is 0.159 e. The SMILES string of the molecule is CC1(C)c2cc(N(c3ccccc3)c3cccc4c3oc3ccccc34)c3ccccc3c2-c2ccc3cc(N(c4ccccc4)c4cccc5c4oc4ccccc45)ccc3c21. The first-order valence-electron chi connectivity index (χ1n) is 21.7. The monoisotopic (exact) mass is 808 g/mol. The summed E-state index contributed by atoms with van der Waals surface area (Å²) < 4.78 is 13.3. The quantitative estimate of drug-likeness (QED) is 0.168. The van der Waals surface area contributed by atoms with Crippen LogP contribution < -0.4 is 9.80 Å². The smallest absolute Gasteiger partial charge is 0.159 e. The van der Waals surface area contributed by atoms with Crippen LogP contribution in [0.4, 0.5) is 34.1 Å². The molecule has 10 aromatic carbocycles. The highest BCUT2D eigenvalue weighted by molar-refractivity contribution is 6.16. The van der Waals surface area contributed by atoms with Crippen LogP contribution in [0.3, 0.4) is 0 Å². The molecule has 0 saturated carbocycles. The van der Waals surface area contributed by atoms with E-state index < -0.39 is 0 Å². The largest absolute Gasteiger partial charge is 0.454 e. The van der Waals surface area contributed by atoms with Gasteiger partial charge in [0.25, 0.3) is 0 Å². The minimum Gasteiger partial charge on any atom is -0.454 e. The Labute approximate surface area is 364 Å². The highest BCUT2D eigenvalue weighted by Gasteiger charge is 2.39. The number of rotatable bonds is 6. The van der Waals surface area contributed by atoms with Crippen molar-refractivity contribution < 1.29 is 8.83 Å². The summed E-state index contributed by atoms with van der Waals surface area (Å²) in [5, 5.41) is 9.31. The van der Waals surface area contributed by atoms with Gasteiger partial charge in [0.1, 0.15) is 11.2 Å². The topological polar surface area (TPSA) is 32.8 Å². The third kappa shape index (κ3) is 5.22. The van der Waals surface area contributed by atoms with Crippen molar-refractivity contribution in [1.29, 1.82) is 0 Å². The number of nitrogens with zero attached hydrogens (tertiary/aromatic N) is 2. The second-order valence-electron chi connectivity index (χ2n) is 17.2. The van der Waals surface area contributed by atoms with Crippen LogP contribution in [0.1, 0.15) is 25.0 Å². The van der Waals surface area contributed by atoms with E-state index in [-0.39, 0.29) is 5.41 Å². The average molecular weight is 809 g/mol. The molecule has 12 aromatic rings. The molecule has 0 atom stereocenters. The van der Waals surface area contributed by atoms with Crippen LogP contribution in [0, 0.1) is 0 Å². The van der Waals surface area contributed by atoms with Crippen LogP contribution in [0.2, 0.25) is 0 Å². The maximum absolute atomic E-state index is 6.72. The zero-order valence-electron chi connectivity index (χ0n) is 34.8. The fourth-order valence-electron chi connectivity index (χ4n) is 10.6. The number of benzene rings is 10. The van der Waals surface area contributed by atoms with Crippen molar-refractivity contribution >= 4 is 99.5 Å². The van der Waals surface area contributed by atoms with Crippen LogP contribution in [0.15, 0.2) is 215 Å². The summed E-state index contributed by atoms with van der Waals surface area (Å²) in [4.78, 5) is 4.73. The Kier molecular flexibility index (Phi) is 7.62. The third-order valence-corrected chi connectivity index (χ3v) is 13.4. The van der Waals surface area contributed by atoms with Gasteiger partial charge in [-0.2, -0.15) is 0 Å². The van der Waals surface area contributed by atoms with Gasteiger partial charge >= 0.3 is 0 Å². The Bertz CT molecular complexity index is 3790. The van der Waals surface area contributed by atoms with Crippen LogP contribution >= 0.6 is 0 Å². The van der Waals surface area contributed by atoms with Crippen molar-refractivity contribution in [1.82, 2.24) is 0 Å². The van der Waals surface area contributed by atoms with Gasteiger partial charge in [0.2, 0.25) is 0 Å². The minimum atomic E-state index is -0.322. The predicted octanol–water partition coefficient (Wildman–Crippen LogP) is 17.0. The molecule has 0 saturated heterocycles. The van der Waals surface area contributed by atoms with Crippen LogP contribution in [0.25, 0.3) is 76.5 Å². The molecule has 4 nitrogen and oxygen atoms in total. The van der Waals surface area contributed by atoms with E-state index in [1.54, 1.807) is 0 Å². The van der Waals surface area contributed by atoms with E-state index in [4.69, 9.17) is 8.83 Å². The van der Waals surface area contributed by atoms with E-state index in [9.17, 15) is 0 Å². The van der Waals surface area contributed by atoms with E-state index in [1.807, 2.05) is 12.1 Å². The minimum absolute atomic E-state index is 0.322. The van der Waals surface area contributed by atoms with Crippen LogP contribution in [-0.4, -0.2) is 0 Å². The molecule has 0 spiro atoms. The van der Waals surface area contributed by atoms with Gasteiger partial charge < -0.3 is 18.6 Å². The molecule has 2 aromatic heterocycles. The highest BCUT2D eigenvalue weighted by Crippen LogP contribution is 2.57. The lowest BCUT2D eigenvalue weighted by molar-refractivity contribution is 0.666. The van der Waals surface area contributed by atoms with Gasteiger partial charge in [0, 0.05) is 49.4 Å². The fraction of sp³-hybridized carbons (Fsp3) is 0.0508. The zero-order valence-corrected chi connectivity index (χ0v) is 34.8. The number of furan rings is 2. The van der Waals surface area contributed by atoms with Crippen molar-refractivity contribution in [2.45, 2.75) is 19.3 Å². The normalized spacial score (nSPS) is 13.0. The Balaban J connectivity index is 1.01. The summed E-state index contributed by atoms with van der Waals surface area (Å²) in [5.41, 5.74) is 14.8. The first-order chi connectivity index (χ1) is 31.0. The Morgan fingerprint density at radius 2 is 0.889 bits per heavy atom. The summed E-state index contributed by atoms with van der Waals surface area (Å²) in [6, 6.07) is 74.0. The second-order valence-corrected chi connectivity index (χ2v) is 17.2. The van der Waals surface area contributed by atoms with E-state index in [1.165, 1.54) is 43.8 Å². The van der Waals surface area contributed by atoms with E-state index in [2.05, 4.69) is 218 Å². The number of hydrogen-bond acceptors (Lipinski definition) is 4. The van der Waals surface area contributed by atoms with Crippen molar-refractivity contribution in [3.63, 3.8) is 0 Å². The molecule has 4 heteroatoms. The lowest BCUT2D eigenvalue weighted by Gasteiger charge is -2.30. The van der Waals surface area contributed by atoms with Gasteiger partial charge in [0.05, 0.1) is 17.1 Å². The highest BCUT2D eigenvalue weighted by atomic mass is 16.3. The number of hydrogen-bond donors (Lipinski definition) is 0. The molecule has 63 heavy (non-hydrogen) atoms. The summed E-state index contributed by atoms with van der Waals surface area (Å²) in [6.07, 6.45) is 0. The van der Waals surface area contributed by atoms with Gasteiger partial charge in [-0.25, -0.2) is 0 Å². The van der Waals surface area contributed by atoms with Crippen molar-refractivity contribution in [3.05, 3.63) is 217 Å². The Hall–Kier alpha value is -8.08. The molecule has 0 fully saturated rings. The van der Waals surface area contributed by atoms with E-state index in [0.717, 1.165) is 78.0 Å². The van der Waals surface area contributed by atoms with Gasteiger partial charge in [-0.05, 0) is 105 Å². The molecule has 0 unspecified atom stereocenters. The third-order valence-electron chi connectivity index (χ3n) is 13.4. The fourth-order valence-corrected chi connectivity index (χ4v) is 10.6. The molecule has 13 rings (SSSR count). The summed E-state index contributed by atoms with van der Waals surface area (Å²) >= 11 is 0. The molecule has 1 aliphatic rings. The molecule has 0 N–H and O–H groups in total. The number of fused-ring (bicyclic) bond motifs is 13. The molecule has 2 heterocycles. The van der Waals surface area contributed by atoms with Gasteiger partial charge in [0.15, 0.2) is 11.2 Å². The Morgan fingerprint density at radius 1 is 0.365 bits per heavy atom. The zero-order chi connectivity index (χ0) is 41.8. The summed E-state index contributed by atoms with van der Waals surface area (Å²) in [6.45, 7) is 4.80. The lowest BCUT2D eigenvalue weighted by atomic mass is 9.79. The van der Waals surface area contributed by atoms with Crippen molar-refractivity contribution in [2.24, 2.45) is 0 Å². The molecular weight excluding hydrogens is 769 g/mol. The van der Waals surface area contributed by atoms with Gasteiger partial charge in [-0.3, -0.25) is 0 Å².